The second-order valence-electron chi connectivity index (χ2n) is 5.48. The molecule has 3 rings (SSSR count). The molecule has 0 unspecified atom stereocenters. The zero-order valence-electron chi connectivity index (χ0n) is 13.5. The second kappa shape index (κ2) is 6.61. The van der Waals surface area contributed by atoms with Crippen LogP contribution < -0.4 is 5.73 Å². The number of anilines is 1. The van der Waals surface area contributed by atoms with Gasteiger partial charge in [0.2, 0.25) is 0 Å². The average molecular weight is 351 g/mol. The van der Waals surface area contributed by atoms with Crippen LogP contribution in [0.1, 0.15) is 20.1 Å². The van der Waals surface area contributed by atoms with Crippen LogP contribution in [0.25, 0.3) is 11.2 Å². The topological polar surface area (TPSA) is 152 Å². The third kappa shape index (κ3) is 3.10. The molecular weight excluding hydrogens is 334 g/mol. The minimum atomic E-state index is -0.993. The van der Waals surface area contributed by atoms with Gasteiger partial charge in [-0.15, -0.1) is 0 Å². The maximum Gasteiger partial charge on any atom is 0.303 e. The van der Waals surface area contributed by atoms with Crippen LogP contribution in [0.4, 0.5) is 5.82 Å². The highest BCUT2D eigenvalue weighted by Gasteiger charge is 2.50. The van der Waals surface area contributed by atoms with Crippen molar-refractivity contribution in [1.29, 1.82) is 0 Å². The molecule has 11 nitrogen and oxygen atoms in total. The Bertz CT molecular complexity index is 808. The first-order valence-corrected chi connectivity index (χ1v) is 7.46. The lowest BCUT2D eigenvalue weighted by atomic mass is 10.1. The van der Waals surface area contributed by atoms with E-state index in [1.54, 1.807) is 0 Å². The summed E-state index contributed by atoms with van der Waals surface area (Å²) in [6, 6.07) is 0. The van der Waals surface area contributed by atoms with E-state index in [1.807, 2.05) is 0 Å². The van der Waals surface area contributed by atoms with E-state index in [1.165, 1.54) is 31.1 Å². The molecular formula is C14H17N5O6. The van der Waals surface area contributed by atoms with E-state index < -0.39 is 43.1 Å². The van der Waals surface area contributed by atoms with Gasteiger partial charge in [0.15, 0.2) is 29.9 Å². The van der Waals surface area contributed by atoms with Crippen molar-refractivity contribution in [3.8, 4) is 0 Å². The molecule has 2 aromatic heterocycles. The van der Waals surface area contributed by atoms with Crippen LogP contribution in [-0.2, 0) is 23.8 Å². The fourth-order valence-corrected chi connectivity index (χ4v) is 2.79. The molecule has 1 aliphatic heterocycles. The lowest BCUT2D eigenvalue weighted by molar-refractivity contribution is -0.165. The van der Waals surface area contributed by atoms with Crippen molar-refractivity contribution in [2.75, 3.05) is 12.3 Å². The van der Waals surface area contributed by atoms with Gasteiger partial charge in [-0.25, -0.2) is 15.0 Å². The van der Waals surface area contributed by atoms with Gasteiger partial charge in [-0.2, -0.15) is 0 Å². The first-order valence-electron chi connectivity index (χ1n) is 7.46. The molecule has 25 heavy (non-hydrogen) atoms. The fraction of sp³-hybridized carbons (Fsp3) is 0.500. The number of imidazole rings is 1. The third-order valence-corrected chi connectivity index (χ3v) is 3.73. The summed E-state index contributed by atoms with van der Waals surface area (Å²) in [6.45, 7) is 2.00. The number of hydrogen-bond acceptors (Lipinski definition) is 10. The smallest absolute Gasteiger partial charge is 0.303 e. The summed E-state index contributed by atoms with van der Waals surface area (Å²) >= 11 is 0. The van der Waals surface area contributed by atoms with Crippen LogP contribution in [0.5, 0.6) is 0 Å². The highest BCUT2D eigenvalue weighted by molar-refractivity contribution is 5.81. The summed E-state index contributed by atoms with van der Waals surface area (Å²) in [6.07, 6.45) is -1.10. The zero-order valence-corrected chi connectivity index (χ0v) is 13.5. The normalized spacial score (nSPS) is 25.9. The van der Waals surface area contributed by atoms with E-state index >= 15 is 0 Å². The van der Waals surface area contributed by atoms with Gasteiger partial charge in [0.05, 0.1) is 12.9 Å². The van der Waals surface area contributed by atoms with Crippen LogP contribution in [0.2, 0.25) is 0 Å². The van der Waals surface area contributed by atoms with Gasteiger partial charge < -0.3 is 25.1 Å². The van der Waals surface area contributed by atoms with E-state index in [0.717, 1.165) is 0 Å². The van der Waals surface area contributed by atoms with Crippen molar-refractivity contribution >= 4 is 28.9 Å². The van der Waals surface area contributed by atoms with E-state index in [2.05, 4.69) is 15.0 Å². The van der Waals surface area contributed by atoms with Crippen molar-refractivity contribution in [2.45, 2.75) is 38.4 Å². The molecule has 3 heterocycles. The molecule has 1 fully saturated rings. The summed E-state index contributed by atoms with van der Waals surface area (Å²) in [5.41, 5.74) is 6.48. The van der Waals surface area contributed by atoms with Gasteiger partial charge in [-0.05, 0) is 0 Å². The first-order chi connectivity index (χ1) is 11.9. The van der Waals surface area contributed by atoms with E-state index in [9.17, 15) is 14.7 Å². The lowest BCUT2D eigenvalue weighted by Gasteiger charge is -2.23. The number of aliphatic hydroxyl groups excluding tert-OH is 1. The number of nitrogens with zero attached hydrogens (tertiary/aromatic N) is 4. The van der Waals surface area contributed by atoms with Crippen LogP contribution in [0.15, 0.2) is 12.7 Å². The van der Waals surface area contributed by atoms with Crippen LogP contribution >= 0.6 is 0 Å². The first kappa shape index (κ1) is 17.0. The number of nitrogen functional groups attached to an aromatic ring is 1. The Morgan fingerprint density at radius 1 is 1.24 bits per heavy atom. The molecule has 3 N–H and O–H groups in total. The molecule has 0 aromatic carbocycles. The molecule has 0 saturated carbocycles. The van der Waals surface area contributed by atoms with Crippen molar-refractivity contribution in [3.63, 3.8) is 0 Å². The number of hydrogen-bond donors (Lipinski definition) is 2. The van der Waals surface area contributed by atoms with Crippen molar-refractivity contribution in [1.82, 2.24) is 19.5 Å². The molecule has 0 bridgehead atoms. The number of aliphatic hydroxyl groups is 1. The van der Waals surface area contributed by atoms with Crippen LogP contribution in [-0.4, -0.2) is 61.5 Å². The fourth-order valence-electron chi connectivity index (χ4n) is 2.79. The third-order valence-electron chi connectivity index (χ3n) is 3.73. The van der Waals surface area contributed by atoms with Crippen LogP contribution in [0.3, 0.4) is 0 Å². The van der Waals surface area contributed by atoms with Gasteiger partial charge in [0.1, 0.15) is 17.9 Å². The van der Waals surface area contributed by atoms with Gasteiger partial charge in [0.25, 0.3) is 0 Å². The summed E-state index contributed by atoms with van der Waals surface area (Å²) in [7, 11) is 0. The summed E-state index contributed by atoms with van der Waals surface area (Å²) in [5, 5.41) is 9.55. The largest absolute Gasteiger partial charge is 0.456 e. The number of carbonyl (C=O) groups is 2. The zero-order chi connectivity index (χ0) is 18.1. The van der Waals surface area contributed by atoms with Crippen molar-refractivity contribution in [2.24, 2.45) is 0 Å². The molecule has 0 spiro atoms. The Balaban J connectivity index is 2.04. The minimum Gasteiger partial charge on any atom is -0.456 e. The monoisotopic (exact) mass is 351 g/mol. The Morgan fingerprint density at radius 2 is 1.92 bits per heavy atom. The summed E-state index contributed by atoms with van der Waals surface area (Å²) in [5.74, 6) is -0.999. The van der Waals surface area contributed by atoms with Crippen molar-refractivity contribution < 1.29 is 28.9 Å². The average Bonchev–Trinajstić information content (AvgIpc) is 3.10. The molecule has 1 aliphatic rings. The molecule has 1 saturated heterocycles. The number of carbonyl (C=O) groups excluding carboxylic acids is 2. The van der Waals surface area contributed by atoms with Gasteiger partial charge >= 0.3 is 11.9 Å². The van der Waals surface area contributed by atoms with E-state index in [0.29, 0.717) is 11.2 Å². The highest BCUT2D eigenvalue weighted by Crippen LogP contribution is 2.35. The second-order valence-corrected chi connectivity index (χ2v) is 5.48. The number of aromatic nitrogens is 4. The molecule has 0 radical (unpaired) electrons. The molecule has 4 atom stereocenters. The molecule has 0 amide bonds. The summed E-state index contributed by atoms with van der Waals surface area (Å²) in [4.78, 5) is 35.0. The SMILES string of the molecule is CC(=O)O[C@@H]1[C@H](OC(C)=O)[C@@H](CO)O[C@H]1n1cnc2c(N)ncnc21. The van der Waals surface area contributed by atoms with Crippen molar-refractivity contribution in [3.05, 3.63) is 12.7 Å². The van der Waals surface area contributed by atoms with Crippen LogP contribution in [0, 0.1) is 0 Å². The van der Waals surface area contributed by atoms with Gasteiger partial charge in [-0.3, -0.25) is 14.2 Å². The Kier molecular flexibility index (Phi) is 4.51. The number of rotatable bonds is 4. The lowest BCUT2D eigenvalue weighted by Crippen LogP contribution is -2.40. The Hall–Kier alpha value is -2.79. The quantitative estimate of drug-likeness (QED) is 0.667. The standard InChI is InChI=1S/C14H17N5O6/c1-6(21)23-10-8(3-20)25-14(11(10)24-7(2)22)19-5-18-9-12(15)16-4-17-13(9)19/h4-5,8,10-11,14,20H,3H2,1-2H3,(H2,15,16,17)/t8-,10-,11-,14-/m1/s1. The number of esters is 2. The van der Waals surface area contributed by atoms with E-state index in [4.69, 9.17) is 19.9 Å². The number of nitrogens with two attached hydrogens (primary N) is 1. The molecule has 11 heteroatoms. The maximum atomic E-state index is 11.5. The molecule has 0 aliphatic carbocycles. The minimum absolute atomic E-state index is 0.182. The number of fused-ring (bicyclic) bond motifs is 1. The van der Waals surface area contributed by atoms with Gasteiger partial charge in [0, 0.05) is 13.8 Å². The molecule has 2 aromatic rings. The van der Waals surface area contributed by atoms with E-state index in [-0.39, 0.29) is 5.82 Å². The van der Waals surface area contributed by atoms with Gasteiger partial charge in [-0.1, -0.05) is 0 Å². The summed E-state index contributed by atoms with van der Waals surface area (Å²) < 4.78 is 17.7. The Morgan fingerprint density at radius 3 is 2.56 bits per heavy atom. The predicted octanol–water partition coefficient (Wildman–Crippen LogP) is -0.838. The highest BCUT2D eigenvalue weighted by atomic mass is 16.6. The molecule has 134 valence electrons. The number of ether oxygens (including phenoxy) is 3. The Labute approximate surface area is 141 Å². The maximum absolute atomic E-state index is 11.5. The predicted molar refractivity (Wildman–Crippen MR) is 81.8 cm³/mol.